The number of rotatable bonds is 6. The molecule has 1 unspecified atom stereocenters. The number of piperidine rings is 1. The average molecular weight is 384 g/mol. The Balaban J connectivity index is 1.39. The molecule has 1 amide bonds. The number of ketones is 1. The molecule has 4 rings (SSSR count). The predicted octanol–water partition coefficient (Wildman–Crippen LogP) is 2.81. The zero-order chi connectivity index (χ0) is 19.9. The average Bonchev–Trinajstić information content (AvgIpc) is 3.29. The van der Waals surface area contributed by atoms with Gasteiger partial charge in [-0.3, -0.25) is 9.59 Å². The Morgan fingerprint density at radius 1 is 1.18 bits per heavy atom. The van der Waals surface area contributed by atoms with E-state index in [1.807, 2.05) is 30.3 Å². The molecule has 2 aliphatic rings. The van der Waals surface area contributed by atoms with E-state index in [0.29, 0.717) is 25.1 Å². The number of hydrogen-bond donors (Lipinski definition) is 1. The number of amides is 1. The maximum atomic E-state index is 14.2. The van der Waals surface area contributed by atoms with Gasteiger partial charge < -0.3 is 10.2 Å². The van der Waals surface area contributed by atoms with Crippen molar-refractivity contribution in [2.24, 2.45) is 5.92 Å². The van der Waals surface area contributed by atoms with E-state index in [1.54, 1.807) is 7.05 Å². The van der Waals surface area contributed by atoms with Crippen molar-refractivity contribution in [2.75, 3.05) is 13.6 Å². The molecule has 3 atom stereocenters. The van der Waals surface area contributed by atoms with Crippen LogP contribution in [0.5, 0.6) is 0 Å². The van der Waals surface area contributed by atoms with Gasteiger partial charge in [0.05, 0.1) is 12.5 Å². The Kier molecular flexibility index (Phi) is 4.75. The minimum absolute atomic E-state index is 0.0940. The van der Waals surface area contributed by atoms with Gasteiger partial charge in [0, 0.05) is 25.6 Å². The summed E-state index contributed by atoms with van der Waals surface area (Å²) < 4.78 is 27.8. The molecule has 146 valence electrons. The smallest absolute Gasteiger partial charge is 0.230 e. The van der Waals surface area contributed by atoms with Gasteiger partial charge >= 0.3 is 0 Å². The van der Waals surface area contributed by atoms with Gasteiger partial charge in [-0.2, -0.15) is 0 Å². The van der Waals surface area contributed by atoms with Crippen LogP contribution in [0.2, 0.25) is 0 Å². The predicted molar refractivity (Wildman–Crippen MR) is 100 cm³/mol. The van der Waals surface area contributed by atoms with Crippen LogP contribution in [0.1, 0.15) is 24.0 Å². The molecule has 0 bridgehead atoms. The van der Waals surface area contributed by atoms with Crippen molar-refractivity contribution in [1.82, 2.24) is 10.2 Å². The van der Waals surface area contributed by atoms with Crippen LogP contribution in [0.3, 0.4) is 0 Å². The Morgan fingerprint density at radius 2 is 1.93 bits per heavy atom. The van der Waals surface area contributed by atoms with Crippen molar-refractivity contribution in [3.05, 3.63) is 71.3 Å². The molecule has 4 nitrogen and oxygen atoms in total. The van der Waals surface area contributed by atoms with Crippen LogP contribution in [0.4, 0.5) is 8.78 Å². The second-order valence-corrected chi connectivity index (χ2v) is 7.83. The van der Waals surface area contributed by atoms with Gasteiger partial charge in [-0.25, -0.2) is 8.78 Å². The number of nitrogens with zero attached hydrogens (tertiary/aromatic N) is 1. The maximum Gasteiger partial charge on any atom is 0.230 e. The Bertz CT molecular complexity index is 918. The Morgan fingerprint density at radius 3 is 2.64 bits per heavy atom. The van der Waals surface area contributed by atoms with Gasteiger partial charge in [-0.1, -0.05) is 30.3 Å². The third-order valence-electron chi connectivity index (χ3n) is 6.00. The fourth-order valence-corrected chi connectivity index (χ4v) is 4.37. The summed E-state index contributed by atoms with van der Waals surface area (Å²) in [4.78, 5) is 26.7. The number of carbonyl (C=O) groups is 2. The largest absolute Gasteiger partial charge is 0.341 e. The normalized spacial score (nSPS) is 25.2. The lowest BCUT2D eigenvalue weighted by Crippen LogP contribution is -2.38. The summed E-state index contributed by atoms with van der Waals surface area (Å²) in [6, 6.07) is 12.5. The second kappa shape index (κ2) is 7.09. The summed E-state index contributed by atoms with van der Waals surface area (Å²) in [5.41, 5.74) is 0.784. The van der Waals surface area contributed by atoms with Crippen LogP contribution in [-0.2, 0) is 21.5 Å². The summed E-state index contributed by atoms with van der Waals surface area (Å²) in [5, 5.41) is 3.13. The van der Waals surface area contributed by atoms with E-state index in [1.165, 1.54) is 11.0 Å². The molecule has 2 fully saturated rings. The van der Waals surface area contributed by atoms with Gasteiger partial charge in [-0.15, -0.1) is 0 Å². The van der Waals surface area contributed by atoms with E-state index in [2.05, 4.69) is 5.32 Å². The summed E-state index contributed by atoms with van der Waals surface area (Å²) in [7, 11) is 1.67. The van der Waals surface area contributed by atoms with Gasteiger partial charge in [0.1, 0.15) is 11.6 Å². The molecule has 0 aromatic heterocycles. The van der Waals surface area contributed by atoms with Crippen LogP contribution in [-0.4, -0.2) is 36.2 Å². The highest BCUT2D eigenvalue weighted by atomic mass is 19.1. The summed E-state index contributed by atoms with van der Waals surface area (Å²) in [6.45, 7) is 0.857. The zero-order valence-corrected chi connectivity index (χ0v) is 15.6. The van der Waals surface area contributed by atoms with Gasteiger partial charge in [0.15, 0.2) is 5.78 Å². The first-order valence-electron chi connectivity index (χ1n) is 9.40. The molecular formula is C22H22F2N2O2. The zero-order valence-electron chi connectivity index (χ0n) is 15.6. The van der Waals surface area contributed by atoms with Crippen molar-refractivity contribution < 1.29 is 18.4 Å². The molecule has 2 aromatic carbocycles. The monoisotopic (exact) mass is 384 g/mol. The highest BCUT2D eigenvalue weighted by Gasteiger charge is 2.65. The first-order chi connectivity index (χ1) is 13.4. The van der Waals surface area contributed by atoms with Crippen LogP contribution in [0, 0.1) is 17.6 Å². The van der Waals surface area contributed by atoms with Crippen LogP contribution in [0.15, 0.2) is 48.5 Å². The van der Waals surface area contributed by atoms with Crippen molar-refractivity contribution in [3.8, 4) is 0 Å². The van der Waals surface area contributed by atoms with Gasteiger partial charge in [0.2, 0.25) is 5.91 Å². The number of halogens is 2. The maximum absolute atomic E-state index is 14.2. The molecule has 1 heterocycles. The van der Waals surface area contributed by atoms with Crippen LogP contribution in [0.25, 0.3) is 0 Å². The molecular weight excluding hydrogens is 362 g/mol. The van der Waals surface area contributed by atoms with E-state index in [4.69, 9.17) is 0 Å². The standard InChI is InChI=1S/C22H22F2N2O2/c1-26(12-14-5-3-2-4-6-14)20(28)10-19(27)21-17-11-22(17,13-25-21)16-9-15(23)7-8-18(16)24/h2-9,17,21,25H,10-13H2,1H3/t17-,21?,22+/m0/s1. The van der Waals surface area contributed by atoms with Crippen molar-refractivity contribution in [2.45, 2.75) is 30.8 Å². The molecule has 1 saturated heterocycles. The third-order valence-corrected chi connectivity index (χ3v) is 6.00. The summed E-state index contributed by atoms with van der Waals surface area (Å²) in [5.74, 6) is -1.46. The highest BCUT2D eigenvalue weighted by Crippen LogP contribution is 2.59. The SMILES string of the molecule is CN(Cc1ccccc1)C(=O)CC(=O)C1NC[C@@]2(c3cc(F)ccc3F)C[C@@H]12. The van der Waals surface area contributed by atoms with E-state index < -0.39 is 23.1 Å². The minimum Gasteiger partial charge on any atom is -0.341 e. The number of carbonyl (C=O) groups excluding carboxylic acids is 2. The lowest BCUT2D eigenvalue weighted by atomic mass is 9.92. The fourth-order valence-electron chi connectivity index (χ4n) is 4.37. The number of hydrogen-bond acceptors (Lipinski definition) is 3. The topological polar surface area (TPSA) is 49.4 Å². The van der Waals surface area contributed by atoms with E-state index in [-0.39, 0.29) is 24.0 Å². The minimum atomic E-state index is -0.536. The van der Waals surface area contributed by atoms with Crippen molar-refractivity contribution >= 4 is 11.7 Å². The van der Waals surface area contributed by atoms with Crippen molar-refractivity contribution in [3.63, 3.8) is 0 Å². The third kappa shape index (κ3) is 3.33. The van der Waals surface area contributed by atoms with E-state index in [9.17, 15) is 18.4 Å². The molecule has 0 radical (unpaired) electrons. The lowest BCUT2D eigenvalue weighted by Gasteiger charge is -2.18. The molecule has 1 N–H and O–H groups in total. The number of Topliss-reactive ketones (excluding diaryl/α,β-unsaturated/α-hetero) is 1. The van der Waals surface area contributed by atoms with Crippen molar-refractivity contribution in [1.29, 1.82) is 0 Å². The molecule has 28 heavy (non-hydrogen) atoms. The summed E-state index contributed by atoms with van der Waals surface area (Å²) in [6.07, 6.45) is 0.435. The Hall–Kier alpha value is -2.60. The lowest BCUT2D eigenvalue weighted by molar-refractivity contribution is -0.135. The first kappa shape index (κ1) is 18.7. The van der Waals surface area contributed by atoms with Gasteiger partial charge in [0.25, 0.3) is 0 Å². The molecule has 0 spiro atoms. The molecule has 1 aliphatic carbocycles. The van der Waals surface area contributed by atoms with E-state index in [0.717, 1.165) is 17.7 Å². The number of fused-ring (bicyclic) bond motifs is 1. The quantitative estimate of drug-likeness (QED) is 0.780. The Labute approximate surface area is 162 Å². The second-order valence-electron chi connectivity index (χ2n) is 7.83. The summed E-state index contributed by atoms with van der Waals surface area (Å²) >= 11 is 0. The van der Waals surface area contributed by atoms with Crippen LogP contribution >= 0.6 is 0 Å². The molecule has 1 aliphatic heterocycles. The number of benzene rings is 2. The first-order valence-corrected chi connectivity index (χ1v) is 9.40. The number of nitrogens with one attached hydrogen (secondary N) is 1. The van der Waals surface area contributed by atoms with Crippen LogP contribution < -0.4 is 5.32 Å². The van der Waals surface area contributed by atoms with Gasteiger partial charge in [-0.05, 0) is 41.7 Å². The molecule has 6 heteroatoms. The molecule has 1 saturated carbocycles. The van der Waals surface area contributed by atoms with E-state index >= 15 is 0 Å². The highest BCUT2D eigenvalue weighted by molar-refractivity contribution is 6.01. The molecule has 2 aromatic rings. The fraction of sp³-hybridized carbons (Fsp3) is 0.364.